The summed E-state index contributed by atoms with van der Waals surface area (Å²) in [6.07, 6.45) is 3.22. The quantitative estimate of drug-likeness (QED) is 0.216. The van der Waals surface area contributed by atoms with Crippen LogP contribution in [0.4, 0.5) is 0 Å². The molecule has 1 aromatic rings. The maximum atomic E-state index is 10.2. The molecule has 14 heteroatoms. The molecule has 20 heavy (non-hydrogen) atoms. The van der Waals surface area contributed by atoms with E-state index in [0.717, 1.165) is 0 Å². The Hall–Kier alpha value is -0.0666. The molecule has 0 aliphatic carbocycles. The summed E-state index contributed by atoms with van der Waals surface area (Å²) in [6, 6.07) is -0.963. The summed E-state index contributed by atoms with van der Waals surface area (Å²) in [6.45, 7) is 0. The standard InChI is InChI=1S/C6H9N3O2.3ClH.5H3N.Ru/c7-5(6(10)11)1-4-2-8-3-9-4;;;;;;;;;/h2-3,5H,1,7H2,(H,8,9)(H,10,11);3*1H;5*1H3;/q;;;;;;;;;+3/p-3. The molecule has 10 nitrogen and oxygen atoms in total. The number of rotatable bonds is 3. The van der Waals surface area contributed by atoms with Gasteiger partial charge in [-0.1, -0.05) is 0 Å². The second kappa shape index (κ2) is 31.4. The van der Waals surface area contributed by atoms with Gasteiger partial charge < -0.3 is 76.2 Å². The molecule has 0 amide bonds. The molecule has 1 aromatic heterocycles. The average molecular weight is 448 g/mol. The third kappa shape index (κ3) is 23.1. The van der Waals surface area contributed by atoms with Gasteiger partial charge in [0.2, 0.25) is 0 Å². The summed E-state index contributed by atoms with van der Waals surface area (Å²) in [7, 11) is 0. The van der Waals surface area contributed by atoms with Gasteiger partial charge >= 0.3 is 19.5 Å². The van der Waals surface area contributed by atoms with Crippen LogP contribution < -0.4 is 66.4 Å². The van der Waals surface area contributed by atoms with Crippen LogP contribution in [0.15, 0.2) is 12.5 Å². The zero-order valence-electron chi connectivity index (χ0n) is 10.8. The van der Waals surface area contributed by atoms with Crippen LogP contribution >= 0.6 is 12.4 Å². The summed E-state index contributed by atoms with van der Waals surface area (Å²) in [5, 5.41) is 10.2. The van der Waals surface area contributed by atoms with Crippen molar-refractivity contribution < 1.29 is 54.2 Å². The summed E-state index contributed by atoms with van der Waals surface area (Å²) < 4.78 is 0. The summed E-state index contributed by atoms with van der Waals surface area (Å²) in [5.74, 6) is -1.25. The zero-order valence-corrected chi connectivity index (χ0v) is 14.9. The van der Waals surface area contributed by atoms with E-state index in [9.17, 15) is 9.90 Å². The minimum absolute atomic E-state index is 0. The first-order chi connectivity index (χ1) is 5.20. The molecule has 0 fully saturated rings. The Balaban J connectivity index is -0.0000000192. The van der Waals surface area contributed by atoms with Crippen molar-refractivity contribution in [3.8, 4) is 0 Å². The molecule has 1 radical (unpaired) electrons. The number of carbonyl (C=O) groups is 1. The number of imidazole rings is 1. The smallest absolute Gasteiger partial charge is 1.00 e. The van der Waals surface area contributed by atoms with E-state index in [1.54, 1.807) is 0 Å². The van der Waals surface area contributed by atoms with E-state index in [1.165, 1.54) is 12.5 Å². The van der Waals surface area contributed by atoms with E-state index < -0.39 is 12.0 Å². The van der Waals surface area contributed by atoms with Crippen molar-refractivity contribution >= 4 is 18.4 Å². The van der Waals surface area contributed by atoms with Crippen LogP contribution in [0.3, 0.4) is 0 Å². The Bertz CT molecular complexity index is 256. The van der Waals surface area contributed by atoms with Crippen LogP contribution in [-0.4, -0.2) is 22.0 Å². The normalized spacial score (nSPS) is 7.05. The molecule has 0 aliphatic rings. The van der Waals surface area contributed by atoms with Crippen molar-refractivity contribution in [2.45, 2.75) is 12.5 Å². The molecule has 1 heterocycles. The fourth-order valence-electron chi connectivity index (χ4n) is 0.717. The first-order valence-electron chi connectivity index (χ1n) is 3.14. The van der Waals surface area contributed by atoms with Crippen LogP contribution in [0.25, 0.3) is 0 Å². The molecular formula is C6H24Cl3N8O2Ru. The molecule has 0 spiro atoms. The number of hydrogen-bond donors (Lipinski definition) is 7. The number of nitrogens with two attached hydrogens (primary N) is 1. The maximum absolute atomic E-state index is 10.2. The molecule has 0 aromatic carbocycles. The number of aromatic nitrogens is 2. The van der Waals surface area contributed by atoms with Gasteiger partial charge in [-0.15, -0.1) is 12.4 Å². The van der Waals surface area contributed by atoms with Gasteiger partial charge in [-0.05, 0) is 0 Å². The zero-order chi connectivity index (χ0) is 8.27. The molecule has 0 saturated carbocycles. The molecule has 1 rings (SSSR count). The molecule has 18 N–H and O–H groups in total. The second-order valence-corrected chi connectivity index (χ2v) is 2.21. The van der Waals surface area contributed by atoms with E-state index in [0.29, 0.717) is 5.69 Å². The molecule has 0 aliphatic heterocycles. The van der Waals surface area contributed by atoms with Crippen molar-refractivity contribution in [1.82, 2.24) is 40.7 Å². The minimum Gasteiger partial charge on any atom is -1.00 e. The number of nitrogens with one attached hydrogen (secondary N) is 1. The van der Waals surface area contributed by atoms with E-state index in [4.69, 9.17) is 5.73 Å². The SMILES string of the molecule is Cl.N.N.N.N.N.NC(Cc1cnc[nH]1)C(=O)[O-].[Cl-].[Cl-].[Ru+3]. The molecule has 0 saturated heterocycles. The summed E-state index contributed by atoms with van der Waals surface area (Å²) in [4.78, 5) is 16.6. The summed E-state index contributed by atoms with van der Waals surface area (Å²) >= 11 is 0. The minimum atomic E-state index is -1.25. The Morgan fingerprint density at radius 2 is 1.65 bits per heavy atom. The monoisotopic (exact) mass is 447 g/mol. The first kappa shape index (κ1) is 59.8. The number of aromatic amines is 1. The van der Waals surface area contributed by atoms with Crippen LogP contribution in [0.2, 0.25) is 0 Å². The molecule has 0 bridgehead atoms. The second-order valence-electron chi connectivity index (χ2n) is 2.21. The largest absolute Gasteiger partial charge is 3.00 e. The number of carbonyl (C=O) groups excluding carboxylic acids is 1. The van der Waals surface area contributed by atoms with Gasteiger partial charge in [0, 0.05) is 24.4 Å². The van der Waals surface area contributed by atoms with E-state index in [1.807, 2.05) is 0 Å². The van der Waals surface area contributed by atoms with Gasteiger partial charge in [-0.3, -0.25) is 0 Å². The fraction of sp³-hybridized carbons (Fsp3) is 0.333. The van der Waals surface area contributed by atoms with Gasteiger partial charge in [-0.25, -0.2) is 4.98 Å². The number of carboxylic acids is 1. The molecule has 129 valence electrons. The molecule has 1 atom stereocenters. The topological polar surface area (TPSA) is 270 Å². The van der Waals surface area contributed by atoms with E-state index >= 15 is 0 Å². The third-order valence-corrected chi connectivity index (χ3v) is 1.30. The van der Waals surface area contributed by atoms with Crippen molar-refractivity contribution in [3.63, 3.8) is 0 Å². The number of nitrogens with zero attached hydrogens (tertiary/aromatic N) is 1. The van der Waals surface area contributed by atoms with Crippen molar-refractivity contribution in [2.75, 3.05) is 0 Å². The van der Waals surface area contributed by atoms with Crippen LogP contribution in [0.5, 0.6) is 0 Å². The van der Waals surface area contributed by atoms with Crippen LogP contribution in [0.1, 0.15) is 5.69 Å². The predicted octanol–water partition coefficient (Wildman–Crippen LogP) is -6.73. The average Bonchev–Trinajstić information content (AvgIpc) is 2.39. The Kier molecular flexibility index (Phi) is 93.7. The molecule has 1 unspecified atom stereocenters. The van der Waals surface area contributed by atoms with E-state index in [-0.39, 0.29) is 93.9 Å². The van der Waals surface area contributed by atoms with E-state index in [2.05, 4.69) is 9.97 Å². The van der Waals surface area contributed by atoms with Crippen LogP contribution in [-0.2, 0) is 30.7 Å². The van der Waals surface area contributed by atoms with Crippen LogP contribution in [0, 0.1) is 0 Å². The predicted molar refractivity (Wildman–Crippen MR) is 67.6 cm³/mol. The first-order valence-corrected chi connectivity index (χ1v) is 3.14. The Morgan fingerprint density at radius 3 is 1.90 bits per heavy atom. The van der Waals surface area contributed by atoms with Crippen molar-refractivity contribution in [2.24, 2.45) is 5.73 Å². The number of halogens is 3. The molecular weight excluding hydrogens is 424 g/mol. The number of hydrogen-bond acceptors (Lipinski definition) is 9. The van der Waals surface area contributed by atoms with Crippen molar-refractivity contribution in [1.29, 1.82) is 0 Å². The Morgan fingerprint density at radius 1 is 1.25 bits per heavy atom. The maximum Gasteiger partial charge on any atom is 3.00 e. The number of H-pyrrole nitrogens is 1. The third-order valence-electron chi connectivity index (χ3n) is 1.30. The summed E-state index contributed by atoms with van der Waals surface area (Å²) in [5.41, 5.74) is 5.89. The fourth-order valence-corrected chi connectivity index (χ4v) is 0.717. The van der Waals surface area contributed by atoms with Gasteiger partial charge in [0.15, 0.2) is 0 Å². The number of carboxylic acid groups (broad SMARTS) is 1. The van der Waals surface area contributed by atoms with Gasteiger partial charge in [0.05, 0.1) is 12.3 Å². The van der Waals surface area contributed by atoms with Gasteiger partial charge in [-0.2, -0.15) is 0 Å². The Labute approximate surface area is 149 Å². The number of aliphatic carboxylic acids is 1. The van der Waals surface area contributed by atoms with Gasteiger partial charge in [0.1, 0.15) is 0 Å². The van der Waals surface area contributed by atoms with Gasteiger partial charge in [0.25, 0.3) is 0 Å². The van der Waals surface area contributed by atoms with Crippen molar-refractivity contribution in [3.05, 3.63) is 18.2 Å².